The average molecular weight is 767 g/mol. The Bertz CT molecular complexity index is 2050. The maximum Gasteiger partial charge on any atom is 0.0722 e. The number of aromatic nitrogens is 2. The number of anilines is 2. The van der Waals surface area contributed by atoms with Gasteiger partial charge in [0.05, 0.1) is 11.4 Å². The highest BCUT2D eigenvalue weighted by Crippen LogP contribution is 2.48. The lowest BCUT2D eigenvalue weighted by Crippen LogP contribution is -2.41. The Morgan fingerprint density at radius 3 is 1.40 bits per heavy atom. The van der Waals surface area contributed by atoms with Crippen molar-refractivity contribution in [3.05, 3.63) is 95.3 Å². The second-order valence-corrected chi connectivity index (χ2v) is 21.1. The van der Waals surface area contributed by atoms with Crippen LogP contribution in [0.4, 0.5) is 11.4 Å². The van der Waals surface area contributed by atoms with Crippen LogP contribution < -0.4 is 20.9 Å². The van der Waals surface area contributed by atoms with E-state index in [0.717, 1.165) is 50.4 Å². The predicted octanol–water partition coefficient (Wildman–Crippen LogP) is 10.7. The molecule has 304 valence electrons. The number of nitrogens with one attached hydrogen (secondary N) is 1. The molecule has 57 heavy (non-hydrogen) atoms. The van der Waals surface area contributed by atoms with Crippen LogP contribution in [0.25, 0.3) is 22.5 Å². The van der Waals surface area contributed by atoms with Gasteiger partial charge in [-0.1, -0.05) is 79.7 Å². The van der Waals surface area contributed by atoms with Crippen molar-refractivity contribution in [1.82, 2.24) is 15.3 Å². The molecule has 0 radical (unpaired) electrons. The number of rotatable bonds is 4. The Morgan fingerprint density at radius 2 is 0.965 bits per heavy atom. The molecule has 2 aromatic heterocycles. The number of fused-ring (bicyclic) bond motifs is 2. The number of nitrogens with two attached hydrogens (primary N) is 1. The van der Waals surface area contributed by atoms with Gasteiger partial charge in [0.15, 0.2) is 0 Å². The zero-order valence-electron chi connectivity index (χ0n) is 36.5. The zero-order valence-corrected chi connectivity index (χ0v) is 36.5. The summed E-state index contributed by atoms with van der Waals surface area (Å²) in [5.41, 5.74) is 20.9. The van der Waals surface area contributed by atoms with Crippen LogP contribution in [0.3, 0.4) is 0 Å². The molecule has 0 amide bonds. The molecule has 2 aliphatic carbocycles. The van der Waals surface area contributed by atoms with E-state index in [1.54, 1.807) is 0 Å². The second kappa shape index (κ2) is 15.1. The molecule has 3 saturated heterocycles. The molecule has 9 rings (SSSR count). The molecule has 0 saturated carbocycles. The van der Waals surface area contributed by atoms with Gasteiger partial charge >= 0.3 is 0 Å². The van der Waals surface area contributed by atoms with Crippen LogP contribution in [0.15, 0.2) is 73.1 Å². The fourth-order valence-electron chi connectivity index (χ4n) is 10.7. The summed E-state index contributed by atoms with van der Waals surface area (Å²) in [5, 5.41) is 3.58. The van der Waals surface area contributed by atoms with Crippen LogP contribution in [-0.4, -0.2) is 55.3 Å². The van der Waals surface area contributed by atoms with Crippen molar-refractivity contribution in [2.24, 2.45) is 11.1 Å². The summed E-state index contributed by atoms with van der Waals surface area (Å²) >= 11 is 0. The fraction of sp³-hybridized carbons (Fsp3) is 0.569. The van der Waals surface area contributed by atoms with Gasteiger partial charge in [-0.2, -0.15) is 0 Å². The average Bonchev–Trinajstić information content (AvgIpc) is 3.66. The van der Waals surface area contributed by atoms with E-state index in [-0.39, 0.29) is 21.7 Å². The third kappa shape index (κ3) is 8.15. The second-order valence-electron chi connectivity index (χ2n) is 21.1. The molecular formula is C51H70N6. The topological polar surface area (TPSA) is 70.3 Å². The van der Waals surface area contributed by atoms with Gasteiger partial charge in [-0.15, -0.1) is 0 Å². The summed E-state index contributed by atoms with van der Waals surface area (Å²) in [7, 11) is 0. The Morgan fingerprint density at radius 1 is 0.526 bits per heavy atom. The first kappa shape index (κ1) is 40.1. The first-order valence-electron chi connectivity index (χ1n) is 22.2. The molecule has 3 N–H and O–H groups in total. The molecule has 6 heteroatoms. The predicted molar refractivity (Wildman–Crippen MR) is 241 cm³/mol. The van der Waals surface area contributed by atoms with Gasteiger partial charge in [0, 0.05) is 73.7 Å². The minimum atomic E-state index is 0.224. The molecule has 4 aromatic rings. The van der Waals surface area contributed by atoms with Crippen molar-refractivity contribution in [3.63, 3.8) is 0 Å². The van der Waals surface area contributed by atoms with E-state index in [2.05, 4.69) is 131 Å². The van der Waals surface area contributed by atoms with E-state index in [0.29, 0.717) is 11.5 Å². The highest BCUT2D eigenvalue weighted by Gasteiger charge is 2.39. The molecule has 0 atom stereocenters. The molecule has 2 aromatic carbocycles. The number of benzene rings is 2. The van der Waals surface area contributed by atoms with Crippen molar-refractivity contribution in [1.29, 1.82) is 0 Å². The first-order chi connectivity index (χ1) is 27.0. The standard InChI is InChI=1S/C27H37N3.C24H33N3/c1-25(2)8-9-26(3,4)23-17-20(5-6-22(23)25)24-18-21(7-13-29-24)30-15-11-27(12-16-30)10-14-28-19-27;1-23(2)10-11-24(3,4)21-15-17(5-6-20(21)23)22-16-19(7-12-26-22)27-13-8-18(25)9-14-27/h5-7,13,17-18,28H,8-12,14-16,19H2,1-4H3;5-7,12,15-16,18H,8-11,13-14,25H2,1-4H3. The molecule has 5 heterocycles. The summed E-state index contributed by atoms with van der Waals surface area (Å²) in [4.78, 5) is 14.5. The van der Waals surface area contributed by atoms with Crippen molar-refractivity contribution in [2.45, 2.75) is 141 Å². The summed E-state index contributed by atoms with van der Waals surface area (Å²) in [6.07, 6.45) is 15.0. The van der Waals surface area contributed by atoms with E-state index >= 15 is 0 Å². The smallest absolute Gasteiger partial charge is 0.0722 e. The minimum absolute atomic E-state index is 0.224. The number of nitrogens with zero attached hydrogens (tertiary/aromatic N) is 4. The van der Waals surface area contributed by atoms with E-state index < -0.39 is 0 Å². The highest BCUT2D eigenvalue weighted by molar-refractivity contribution is 5.68. The fourth-order valence-corrected chi connectivity index (χ4v) is 10.7. The largest absolute Gasteiger partial charge is 0.371 e. The number of hydrogen-bond acceptors (Lipinski definition) is 6. The Hall–Kier alpha value is -3.74. The minimum Gasteiger partial charge on any atom is -0.371 e. The maximum atomic E-state index is 6.07. The highest BCUT2D eigenvalue weighted by atomic mass is 15.1. The monoisotopic (exact) mass is 767 g/mol. The number of pyridine rings is 2. The first-order valence-corrected chi connectivity index (χ1v) is 22.2. The Kier molecular flexibility index (Phi) is 10.6. The number of hydrogen-bond donors (Lipinski definition) is 2. The zero-order chi connectivity index (χ0) is 40.2. The lowest BCUT2D eigenvalue weighted by molar-refractivity contribution is 0.247. The summed E-state index contributed by atoms with van der Waals surface area (Å²) in [6.45, 7) is 25.9. The summed E-state index contributed by atoms with van der Waals surface area (Å²) < 4.78 is 0. The molecule has 6 nitrogen and oxygen atoms in total. The van der Waals surface area contributed by atoms with E-state index in [1.807, 2.05) is 12.4 Å². The van der Waals surface area contributed by atoms with Crippen LogP contribution in [0.5, 0.6) is 0 Å². The molecule has 3 fully saturated rings. The van der Waals surface area contributed by atoms with Crippen LogP contribution >= 0.6 is 0 Å². The molecular weight excluding hydrogens is 697 g/mol. The normalized spacial score (nSPS) is 23.0. The van der Waals surface area contributed by atoms with Gasteiger partial charge in [0.2, 0.25) is 0 Å². The Balaban J connectivity index is 0.000000161. The SMILES string of the molecule is CC1(C)CCC(C)(C)c2cc(-c3cc(N4CCC(N)CC4)ccn3)ccc21.CC1(C)CCC(C)(C)c2cc(-c3cc(N4CCC5(CCNC5)CC4)ccn3)ccc21. The van der Waals surface area contributed by atoms with Crippen LogP contribution in [0.2, 0.25) is 0 Å². The van der Waals surface area contributed by atoms with Crippen molar-refractivity contribution in [3.8, 4) is 22.5 Å². The summed E-state index contributed by atoms with van der Waals surface area (Å²) in [6, 6.07) is 23.3. The third-order valence-electron chi connectivity index (χ3n) is 15.2. The Labute approximate surface area is 344 Å². The lowest BCUT2D eigenvalue weighted by Gasteiger charge is -2.42. The van der Waals surface area contributed by atoms with Crippen LogP contribution in [-0.2, 0) is 21.7 Å². The van der Waals surface area contributed by atoms with E-state index in [1.165, 1.54) is 103 Å². The molecule has 3 aliphatic heterocycles. The lowest BCUT2D eigenvalue weighted by atomic mass is 9.63. The van der Waals surface area contributed by atoms with E-state index in [9.17, 15) is 0 Å². The molecule has 0 bridgehead atoms. The van der Waals surface area contributed by atoms with Gasteiger partial charge in [-0.3, -0.25) is 9.97 Å². The van der Waals surface area contributed by atoms with E-state index in [4.69, 9.17) is 15.7 Å². The van der Waals surface area contributed by atoms with Gasteiger partial charge in [-0.05, 0) is 150 Å². The molecule has 0 unspecified atom stereocenters. The molecule has 1 spiro atoms. The number of piperidine rings is 2. The van der Waals surface area contributed by atoms with Gasteiger partial charge in [-0.25, -0.2) is 0 Å². The van der Waals surface area contributed by atoms with Gasteiger partial charge < -0.3 is 20.9 Å². The quantitative estimate of drug-likeness (QED) is 0.216. The van der Waals surface area contributed by atoms with Crippen LogP contribution in [0, 0.1) is 5.41 Å². The van der Waals surface area contributed by atoms with Crippen molar-refractivity contribution >= 4 is 11.4 Å². The third-order valence-corrected chi connectivity index (χ3v) is 15.2. The summed E-state index contributed by atoms with van der Waals surface area (Å²) in [5.74, 6) is 0. The van der Waals surface area contributed by atoms with Crippen molar-refractivity contribution in [2.75, 3.05) is 49.1 Å². The molecule has 5 aliphatic rings. The van der Waals surface area contributed by atoms with Gasteiger partial charge in [0.1, 0.15) is 0 Å². The maximum absolute atomic E-state index is 6.07. The van der Waals surface area contributed by atoms with Gasteiger partial charge in [0.25, 0.3) is 0 Å². The van der Waals surface area contributed by atoms with Crippen LogP contribution in [0.1, 0.15) is 135 Å². The van der Waals surface area contributed by atoms with Crippen molar-refractivity contribution < 1.29 is 0 Å².